The van der Waals surface area contributed by atoms with Gasteiger partial charge in [0.1, 0.15) is 5.82 Å². The van der Waals surface area contributed by atoms with Gasteiger partial charge in [0.15, 0.2) is 0 Å². The summed E-state index contributed by atoms with van der Waals surface area (Å²) in [7, 11) is 0. The van der Waals surface area contributed by atoms with Crippen LogP contribution < -0.4 is 5.73 Å². The van der Waals surface area contributed by atoms with Crippen molar-refractivity contribution in [3.8, 4) is 11.1 Å². The summed E-state index contributed by atoms with van der Waals surface area (Å²) in [6, 6.07) is 12.5. The SMILES string of the molecule is Cc1cccc(-c2cc(N)cc(F)c2)c1. The van der Waals surface area contributed by atoms with Crippen LogP contribution in [0, 0.1) is 12.7 Å². The lowest BCUT2D eigenvalue weighted by Gasteiger charge is -2.04. The molecular formula is C13H12FN. The normalized spacial score (nSPS) is 10.3. The minimum absolute atomic E-state index is 0.300. The minimum atomic E-state index is -0.300. The predicted molar refractivity (Wildman–Crippen MR) is 61.0 cm³/mol. The summed E-state index contributed by atoms with van der Waals surface area (Å²) in [4.78, 5) is 0. The van der Waals surface area contributed by atoms with Gasteiger partial charge < -0.3 is 5.73 Å². The molecule has 0 unspecified atom stereocenters. The van der Waals surface area contributed by atoms with Crippen LogP contribution >= 0.6 is 0 Å². The molecule has 0 bridgehead atoms. The molecular weight excluding hydrogens is 189 g/mol. The molecule has 1 nitrogen and oxygen atoms in total. The van der Waals surface area contributed by atoms with Crippen LogP contribution in [0.15, 0.2) is 42.5 Å². The highest BCUT2D eigenvalue weighted by Crippen LogP contribution is 2.23. The number of anilines is 1. The maximum absolute atomic E-state index is 13.1. The van der Waals surface area contributed by atoms with Gasteiger partial charge in [-0.3, -0.25) is 0 Å². The Kier molecular flexibility index (Phi) is 2.42. The van der Waals surface area contributed by atoms with Gasteiger partial charge in [-0.05, 0) is 36.2 Å². The van der Waals surface area contributed by atoms with Crippen molar-refractivity contribution in [2.24, 2.45) is 0 Å². The summed E-state index contributed by atoms with van der Waals surface area (Å²) in [5.41, 5.74) is 9.00. The Morgan fingerprint density at radius 3 is 2.47 bits per heavy atom. The Morgan fingerprint density at radius 1 is 1.00 bits per heavy atom. The second-order valence-electron chi connectivity index (χ2n) is 3.64. The van der Waals surface area contributed by atoms with Gasteiger partial charge in [-0.2, -0.15) is 0 Å². The smallest absolute Gasteiger partial charge is 0.125 e. The number of hydrogen-bond acceptors (Lipinski definition) is 1. The van der Waals surface area contributed by atoms with Crippen LogP contribution in [-0.4, -0.2) is 0 Å². The molecule has 0 saturated heterocycles. The molecule has 76 valence electrons. The molecule has 0 aliphatic heterocycles. The van der Waals surface area contributed by atoms with Crippen LogP contribution in [-0.2, 0) is 0 Å². The van der Waals surface area contributed by atoms with Crippen LogP contribution in [0.2, 0.25) is 0 Å². The second-order valence-corrected chi connectivity index (χ2v) is 3.64. The Morgan fingerprint density at radius 2 is 1.80 bits per heavy atom. The van der Waals surface area contributed by atoms with Crippen LogP contribution in [0.25, 0.3) is 11.1 Å². The third-order valence-corrected chi connectivity index (χ3v) is 2.27. The summed E-state index contributed by atoms with van der Waals surface area (Å²) in [6.07, 6.45) is 0. The van der Waals surface area contributed by atoms with Gasteiger partial charge >= 0.3 is 0 Å². The van der Waals surface area contributed by atoms with Gasteiger partial charge in [0, 0.05) is 5.69 Å². The van der Waals surface area contributed by atoms with Crippen LogP contribution in [0.5, 0.6) is 0 Å². The van der Waals surface area contributed by atoms with E-state index in [1.54, 1.807) is 6.07 Å². The van der Waals surface area contributed by atoms with Gasteiger partial charge in [0.25, 0.3) is 0 Å². The van der Waals surface area contributed by atoms with Crippen molar-refractivity contribution in [1.29, 1.82) is 0 Å². The molecule has 0 spiro atoms. The zero-order valence-electron chi connectivity index (χ0n) is 8.50. The zero-order valence-corrected chi connectivity index (χ0v) is 8.50. The summed E-state index contributed by atoms with van der Waals surface area (Å²) < 4.78 is 13.1. The first-order valence-electron chi connectivity index (χ1n) is 4.78. The fourth-order valence-electron chi connectivity index (χ4n) is 1.60. The highest BCUT2D eigenvalue weighted by Gasteiger charge is 2.01. The number of aryl methyl sites for hydroxylation is 1. The Bertz CT molecular complexity index is 471. The van der Waals surface area contributed by atoms with Crippen LogP contribution in [0.4, 0.5) is 10.1 Å². The summed E-state index contributed by atoms with van der Waals surface area (Å²) >= 11 is 0. The molecule has 0 heterocycles. The van der Waals surface area contributed by atoms with E-state index in [9.17, 15) is 4.39 Å². The van der Waals surface area contributed by atoms with E-state index >= 15 is 0 Å². The summed E-state index contributed by atoms with van der Waals surface area (Å²) in [5, 5.41) is 0. The third kappa shape index (κ3) is 2.15. The molecule has 0 aliphatic rings. The average molecular weight is 201 g/mol. The van der Waals surface area contributed by atoms with Gasteiger partial charge in [-0.15, -0.1) is 0 Å². The molecule has 2 N–H and O–H groups in total. The Labute approximate surface area is 88.4 Å². The fourth-order valence-corrected chi connectivity index (χ4v) is 1.60. The zero-order chi connectivity index (χ0) is 10.8. The highest BCUT2D eigenvalue weighted by atomic mass is 19.1. The number of hydrogen-bond donors (Lipinski definition) is 1. The largest absolute Gasteiger partial charge is 0.399 e. The minimum Gasteiger partial charge on any atom is -0.399 e. The molecule has 2 aromatic carbocycles. The molecule has 0 atom stereocenters. The lowest BCUT2D eigenvalue weighted by atomic mass is 10.0. The molecule has 2 heteroatoms. The fraction of sp³-hybridized carbons (Fsp3) is 0.0769. The Hall–Kier alpha value is -1.83. The first kappa shape index (κ1) is 9.71. The highest BCUT2D eigenvalue weighted by molar-refractivity contribution is 5.67. The molecule has 0 amide bonds. The maximum Gasteiger partial charge on any atom is 0.125 e. The summed E-state index contributed by atoms with van der Waals surface area (Å²) in [6.45, 7) is 2.01. The summed E-state index contributed by atoms with van der Waals surface area (Å²) in [5.74, 6) is -0.300. The predicted octanol–water partition coefficient (Wildman–Crippen LogP) is 3.38. The molecule has 15 heavy (non-hydrogen) atoms. The Balaban J connectivity index is 2.54. The average Bonchev–Trinajstić information content (AvgIpc) is 2.16. The van der Waals surface area contributed by atoms with Gasteiger partial charge in [0.2, 0.25) is 0 Å². The van der Waals surface area contributed by atoms with E-state index in [1.165, 1.54) is 12.1 Å². The van der Waals surface area contributed by atoms with Crippen molar-refractivity contribution < 1.29 is 4.39 Å². The number of nitrogen functional groups attached to an aromatic ring is 1. The molecule has 0 aromatic heterocycles. The van der Waals surface area contributed by atoms with E-state index in [0.717, 1.165) is 16.7 Å². The van der Waals surface area contributed by atoms with E-state index in [-0.39, 0.29) is 5.82 Å². The van der Waals surface area contributed by atoms with Gasteiger partial charge in [0.05, 0.1) is 0 Å². The lowest BCUT2D eigenvalue weighted by molar-refractivity contribution is 0.629. The molecule has 0 aliphatic carbocycles. The van der Waals surface area contributed by atoms with Gasteiger partial charge in [-0.25, -0.2) is 4.39 Å². The number of nitrogens with two attached hydrogens (primary N) is 1. The topological polar surface area (TPSA) is 26.0 Å². The number of rotatable bonds is 1. The first-order chi connectivity index (χ1) is 7.15. The molecule has 0 saturated carbocycles. The molecule has 0 fully saturated rings. The number of benzene rings is 2. The van der Waals surface area contributed by atoms with E-state index in [4.69, 9.17) is 5.73 Å². The first-order valence-corrected chi connectivity index (χ1v) is 4.78. The quantitative estimate of drug-likeness (QED) is 0.703. The van der Waals surface area contributed by atoms with E-state index in [0.29, 0.717) is 5.69 Å². The van der Waals surface area contributed by atoms with Crippen molar-refractivity contribution >= 4 is 5.69 Å². The number of halogens is 1. The van der Waals surface area contributed by atoms with E-state index in [1.807, 2.05) is 31.2 Å². The monoisotopic (exact) mass is 201 g/mol. The van der Waals surface area contributed by atoms with Crippen molar-refractivity contribution in [2.45, 2.75) is 6.92 Å². The molecule has 0 radical (unpaired) electrons. The van der Waals surface area contributed by atoms with E-state index in [2.05, 4.69) is 0 Å². The van der Waals surface area contributed by atoms with Gasteiger partial charge in [-0.1, -0.05) is 29.8 Å². The standard InChI is InChI=1S/C13H12FN/c1-9-3-2-4-10(5-9)11-6-12(14)8-13(15)7-11/h2-8H,15H2,1H3. The third-order valence-electron chi connectivity index (χ3n) is 2.27. The second kappa shape index (κ2) is 3.73. The van der Waals surface area contributed by atoms with Crippen molar-refractivity contribution in [2.75, 3.05) is 5.73 Å². The molecule has 2 aromatic rings. The van der Waals surface area contributed by atoms with Crippen molar-refractivity contribution in [1.82, 2.24) is 0 Å². The van der Waals surface area contributed by atoms with Crippen LogP contribution in [0.1, 0.15) is 5.56 Å². The van der Waals surface area contributed by atoms with Crippen molar-refractivity contribution in [3.63, 3.8) is 0 Å². The van der Waals surface area contributed by atoms with E-state index < -0.39 is 0 Å². The maximum atomic E-state index is 13.1. The van der Waals surface area contributed by atoms with Crippen molar-refractivity contribution in [3.05, 3.63) is 53.8 Å². The van der Waals surface area contributed by atoms with Crippen LogP contribution in [0.3, 0.4) is 0 Å². The molecule has 2 rings (SSSR count). The lowest BCUT2D eigenvalue weighted by Crippen LogP contribution is -1.88.